The third-order valence-corrected chi connectivity index (χ3v) is 8.30. The number of nitriles is 1. The average Bonchev–Trinajstić information content (AvgIpc) is 3.49. The van der Waals surface area contributed by atoms with Crippen LogP contribution in [0, 0.1) is 29.1 Å². The number of halogens is 2. The zero-order valence-electron chi connectivity index (χ0n) is 24.1. The Hall–Kier alpha value is -3.75. The first-order valence-electron chi connectivity index (χ1n) is 13.7. The predicted octanol–water partition coefficient (Wildman–Crippen LogP) is 6.12. The Labute approximate surface area is 253 Å². The fraction of sp³-hybridized carbons (Fsp3) is 0.483. The molecule has 1 aromatic carbocycles. The first-order valence-corrected chi connectivity index (χ1v) is 14.4. The second-order valence-electron chi connectivity index (χ2n) is 10.9. The molecule has 2 atom stereocenters. The van der Waals surface area contributed by atoms with E-state index in [9.17, 15) is 19.6 Å². The van der Waals surface area contributed by atoms with Gasteiger partial charge in [-0.15, -0.1) is 0 Å². The number of H-pyrrole nitrogens is 1. The maximum atomic E-state index is 13.7. The molecular formula is C29H33Cl2N5O6. The Balaban J connectivity index is 1.73. The molecule has 1 aliphatic rings. The summed E-state index contributed by atoms with van der Waals surface area (Å²) in [4.78, 5) is 44.1. The zero-order valence-corrected chi connectivity index (χ0v) is 25.6. The van der Waals surface area contributed by atoms with E-state index >= 15 is 0 Å². The minimum absolute atomic E-state index is 0.0695. The van der Waals surface area contributed by atoms with Crippen LogP contribution in [0.25, 0.3) is 17.0 Å². The number of nitrogens with zero attached hydrogens (tertiary/aromatic N) is 4. The SMILES string of the molecule is COC(=O)CCCN(C)C(=O)Oc1c(C(=O)OC2C(C)CC(C)CC2C)c(C#N)c2nc(-c3ccc(Cl)c(Cl)c3)[nH]n12. The number of carbonyl (C=O) groups excluding carboxylic acids is 3. The first-order chi connectivity index (χ1) is 19.9. The van der Waals surface area contributed by atoms with Crippen LogP contribution in [0.2, 0.25) is 10.0 Å². The number of fused-ring (bicyclic) bond motifs is 1. The molecule has 0 saturated heterocycles. The maximum Gasteiger partial charge on any atom is 0.416 e. The molecule has 13 heteroatoms. The van der Waals surface area contributed by atoms with Gasteiger partial charge < -0.3 is 19.1 Å². The fourth-order valence-corrected chi connectivity index (χ4v) is 5.87. The molecule has 2 unspecified atom stereocenters. The van der Waals surface area contributed by atoms with E-state index in [1.165, 1.54) is 23.6 Å². The van der Waals surface area contributed by atoms with E-state index in [0.717, 1.165) is 12.8 Å². The summed E-state index contributed by atoms with van der Waals surface area (Å²) in [7, 11) is 2.78. The van der Waals surface area contributed by atoms with Crippen LogP contribution in [0.5, 0.6) is 5.88 Å². The standard InChI is InChI=1S/C29H33Cl2N5O6/c1-15-11-16(2)24(17(3)12-15)41-28(38)23-19(14-32)26-33-25(18-8-9-20(30)21(31)13-18)34-36(26)27(23)42-29(39)35(4)10-6-7-22(37)40-5/h8-9,13,15-17,24H,6-7,10-12H2,1-5H3,(H,33,34). The highest BCUT2D eigenvalue weighted by Gasteiger charge is 2.38. The smallest absolute Gasteiger partial charge is 0.416 e. The van der Waals surface area contributed by atoms with Gasteiger partial charge in [-0.05, 0) is 55.2 Å². The summed E-state index contributed by atoms with van der Waals surface area (Å²) in [5.74, 6) is -0.402. The summed E-state index contributed by atoms with van der Waals surface area (Å²) in [6, 6.07) is 6.92. The number of nitrogens with one attached hydrogen (secondary N) is 1. The van der Waals surface area contributed by atoms with Crippen LogP contribution >= 0.6 is 23.2 Å². The van der Waals surface area contributed by atoms with Gasteiger partial charge >= 0.3 is 18.0 Å². The van der Waals surface area contributed by atoms with Crippen LogP contribution in [-0.4, -0.2) is 64.3 Å². The highest BCUT2D eigenvalue weighted by atomic mass is 35.5. The normalized spacial score (nSPS) is 20.1. The number of rotatable bonds is 8. The van der Waals surface area contributed by atoms with Gasteiger partial charge in [-0.3, -0.25) is 9.89 Å². The van der Waals surface area contributed by atoms with Crippen molar-refractivity contribution < 1.29 is 28.6 Å². The molecule has 0 radical (unpaired) electrons. The molecule has 3 aromatic rings. The molecular weight excluding hydrogens is 585 g/mol. The number of esters is 2. The molecule has 0 aliphatic heterocycles. The second-order valence-corrected chi connectivity index (χ2v) is 11.7. The van der Waals surface area contributed by atoms with Gasteiger partial charge in [-0.1, -0.05) is 44.0 Å². The Morgan fingerprint density at radius 3 is 2.48 bits per heavy atom. The Morgan fingerprint density at radius 2 is 1.86 bits per heavy atom. The molecule has 1 saturated carbocycles. The molecule has 1 amide bonds. The van der Waals surface area contributed by atoms with Crippen molar-refractivity contribution in [3.63, 3.8) is 0 Å². The number of benzene rings is 1. The summed E-state index contributed by atoms with van der Waals surface area (Å²) in [6.07, 6.45) is 1.07. The van der Waals surface area contributed by atoms with Crippen LogP contribution in [0.3, 0.4) is 0 Å². The number of hydrogen-bond acceptors (Lipinski definition) is 8. The van der Waals surface area contributed by atoms with Gasteiger partial charge in [0, 0.05) is 25.6 Å². The van der Waals surface area contributed by atoms with Crippen molar-refractivity contribution >= 4 is 46.9 Å². The molecule has 11 nitrogen and oxygen atoms in total. The van der Waals surface area contributed by atoms with Gasteiger partial charge in [0.15, 0.2) is 11.5 Å². The van der Waals surface area contributed by atoms with Crippen molar-refractivity contribution in [1.29, 1.82) is 5.26 Å². The Bertz CT molecular complexity index is 1530. The monoisotopic (exact) mass is 617 g/mol. The minimum atomic E-state index is -0.809. The molecule has 2 aromatic heterocycles. The molecule has 2 heterocycles. The van der Waals surface area contributed by atoms with Crippen LogP contribution in [0.1, 0.15) is 62.4 Å². The lowest BCUT2D eigenvalue weighted by Crippen LogP contribution is -2.37. The lowest BCUT2D eigenvalue weighted by molar-refractivity contribution is -0.140. The van der Waals surface area contributed by atoms with E-state index in [0.29, 0.717) is 33.8 Å². The predicted molar refractivity (Wildman–Crippen MR) is 156 cm³/mol. The third kappa shape index (κ3) is 6.50. The van der Waals surface area contributed by atoms with Crippen LogP contribution in [0.15, 0.2) is 18.2 Å². The number of methoxy groups -OCH3 is 1. The van der Waals surface area contributed by atoms with E-state index in [4.69, 9.17) is 32.7 Å². The van der Waals surface area contributed by atoms with Crippen molar-refractivity contribution in [2.75, 3.05) is 20.7 Å². The van der Waals surface area contributed by atoms with Crippen molar-refractivity contribution in [1.82, 2.24) is 19.5 Å². The number of aromatic nitrogens is 3. The van der Waals surface area contributed by atoms with Crippen molar-refractivity contribution in [2.45, 2.75) is 52.6 Å². The first kappa shape index (κ1) is 31.2. The number of ether oxygens (including phenoxy) is 3. The molecule has 4 rings (SSSR count). The molecule has 1 aliphatic carbocycles. The summed E-state index contributed by atoms with van der Waals surface area (Å²) < 4.78 is 17.6. The quantitative estimate of drug-likeness (QED) is 0.298. The van der Waals surface area contributed by atoms with E-state index in [-0.39, 0.29) is 53.6 Å². The number of carbonyl (C=O) groups is 3. The highest BCUT2D eigenvalue weighted by Crippen LogP contribution is 2.38. The lowest BCUT2D eigenvalue weighted by Gasteiger charge is -2.37. The van der Waals surface area contributed by atoms with E-state index in [2.05, 4.69) is 21.7 Å². The van der Waals surface area contributed by atoms with Gasteiger partial charge in [-0.25, -0.2) is 19.1 Å². The lowest BCUT2D eigenvalue weighted by atomic mass is 9.75. The Morgan fingerprint density at radius 1 is 1.17 bits per heavy atom. The zero-order chi connectivity index (χ0) is 30.7. The number of amides is 1. The topological polar surface area (TPSA) is 139 Å². The van der Waals surface area contributed by atoms with Crippen molar-refractivity contribution in [3.05, 3.63) is 39.4 Å². The van der Waals surface area contributed by atoms with Gasteiger partial charge in [0.2, 0.25) is 5.88 Å². The summed E-state index contributed by atoms with van der Waals surface area (Å²) >= 11 is 12.3. The van der Waals surface area contributed by atoms with Gasteiger partial charge in [-0.2, -0.15) is 5.26 Å². The van der Waals surface area contributed by atoms with Crippen LogP contribution in [0.4, 0.5) is 4.79 Å². The van der Waals surface area contributed by atoms with Crippen LogP contribution in [-0.2, 0) is 14.3 Å². The maximum absolute atomic E-state index is 13.7. The van der Waals surface area contributed by atoms with Crippen molar-refractivity contribution in [2.24, 2.45) is 17.8 Å². The largest absolute Gasteiger partial charge is 0.469 e. The molecule has 0 spiro atoms. The Kier molecular flexibility index (Phi) is 9.69. The molecule has 1 N–H and O–H groups in total. The molecule has 224 valence electrons. The summed E-state index contributed by atoms with van der Waals surface area (Å²) in [5, 5.41) is 13.8. The van der Waals surface area contributed by atoms with E-state index in [1.54, 1.807) is 18.2 Å². The fourth-order valence-electron chi connectivity index (χ4n) is 5.57. The number of aromatic amines is 1. The van der Waals surface area contributed by atoms with Gasteiger partial charge in [0.25, 0.3) is 0 Å². The molecule has 42 heavy (non-hydrogen) atoms. The third-order valence-electron chi connectivity index (χ3n) is 7.56. The van der Waals surface area contributed by atoms with Crippen LogP contribution < -0.4 is 4.74 Å². The summed E-state index contributed by atoms with van der Waals surface area (Å²) in [5.41, 5.74) is 0.312. The van der Waals surface area contributed by atoms with Gasteiger partial charge in [0.1, 0.15) is 23.3 Å². The number of hydrogen-bond donors (Lipinski definition) is 1. The minimum Gasteiger partial charge on any atom is -0.469 e. The van der Waals surface area contributed by atoms with E-state index in [1.807, 2.05) is 19.9 Å². The highest BCUT2D eigenvalue weighted by molar-refractivity contribution is 6.42. The van der Waals surface area contributed by atoms with E-state index < -0.39 is 18.0 Å². The van der Waals surface area contributed by atoms with Gasteiger partial charge in [0.05, 0.1) is 17.2 Å². The molecule has 1 fully saturated rings. The van der Waals surface area contributed by atoms with Crippen molar-refractivity contribution in [3.8, 4) is 23.3 Å². The molecule has 0 bridgehead atoms. The summed E-state index contributed by atoms with van der Waals surface area (Å²) in [6.45, 7) is 6.43. The second kappa shape index (κ2) is 13.0. The average molecular weight is 619 g/mol.